The van der Waals surface area contributed by atoms with Gasteiger partial charge in [-0.05, 0) is 24.5 Å². The minimum Gasteiger partial charge on any atom is -0.325 e. The van der Waals surface area contributed by atoms with E-state index in [0.29, 0.717) is 12.2 Å². The van der Waals surface area contributed by atoms with E-state index in [2.05, 4.69) is 0 Å². The summed E-state index contributed by atoms with van der Waals surface area (Å²) in [7, 11) is 1.69. The Hall–Kier alpha value is -2.10. The highest BCUT2D eigenvalue weighted by Gasteiger charge is 2.43. The molecule has 3 rings (SSSR count). The zero-order valence-corrected chi connectivity index (χ0v) is 10.9. The quantitative estimate of drug-likeness (QED) is 0.714. The number of hydrogen-bond donors (Lipinski definition) is 0. The first-order chi connectivity index (χ1) is 9.18. The summed E-state index contributed by atoms with van der Waals surface area (Å²) in [5.41, 5.74) is 1.40. The molecular formula is C15H16N2O2. The van der Waals surface area contributed by atoms with Gasteiger partial charge in [0.05, 0.1) is 0 Å². The molecule has 0 saturated carbocycles. The lowest BCUT2D eigenvalue weighted by Crippen LogP contribution is -2.54. The monoisotopic (exact) mass is 256 g/mol. The van der Waals surface area contributed by atoms with Crippen molar-refractivity contribution in [3.8, 4) is 0 Å². The number of carbonyl (C=O) groups excluding carboxylic acids is 2. The van der Waals surface area contributed by atoms with Crippen LogP contribution in [0.2, 0.25) is 0 Å². The van der Waals surface area contributed by atoms with Crippen LogP contribution in [0.15, 0.2) is 36.0 Å². The second-order valence-corrected chi connectivity index (χ2v) is 4.99. The molecule has 0 aromatic heterocycles. The van der Waals surface area contributed by atoms with Gasteiger partial charge in [0.25, 0.3) is 5.91 Å². The molecule has 4 heteroatoms. The van der Waals surface area contributed by atoms with Crippen LogP contribution < -0.4 is 0 Å². The number of rotatable bonds is 1. The molecule has 0 unspecified atom stereocenters. The molecule has 1 aromatic rings. The van der Waals surface area contributed by atoms with Gasteiger partial charge >= 0.3 is 0 Å². The lowest BCUT2D eigenvalue weighted by Gasteiger charge is -2.36. The van der Waals surface area contributed by atoms with E-state index in [1.165, 1.54) is 4.90 Å². The summed E-state index contributed by atoms with van der Waals surface area (Å²) in [6.45, 7) is 0.690. The minimum absolute atomic E-state index is 0.0271. The number of piperazine rings is 1. The van der Waals surface area contributed by atoms with Crippen LogP contribution in [0.5, 0.6) is 0 Å². The first-order valence-corrected chi connectivity index (χ1v) is 6.54. The first kappa shape index (κ1) is 12.0. The average molecular weight is 256 g/mol. The van der Waals surface area contributed by atoms with Gasteiger partial charge in [0.1, 0.15) is 11.7 Å². The number of benzene rings is 1. The van der Waals surface area contributed by atoms with E-state index in [1.54, 1.807) is 18.0 Å². The fourth-order valence-electron chi connectivity index (χ4n) is 2.77. The highest BCUT2D eigenvalue weighted by molar-refractivity contribution is 6.07. The van der Waals surface area contributed by atoms with Crippen molar-refractivity contribution in [3.63, 3.8) is 0 Å². The van der Waals surface area contributed by atoms with Crippen LogP contribution >= 0.6 is 0 Å². The van der Waals surface area contributed by atoms with E-state index < -0.39 is 0 Å². The minimum atomic E-state index is -0.245. The maximum Gasteiger partial charge on any atom is 0.271 e. The van der Waals surface area contributed by atoms with E-state index in [-0.39, 0.29) is 17.9 Å². The maximum atomic E-state index is 12.4. The second kappa shape index (κ2) is 4.53. The van der Waals surface area contributed by atoms with Crippen LogP contribution in [0.25, 0.3) is 6.08 Å². The van der Waals surface area contributed by atoms with Gasteiger partial charge in [-0.3, -0.25) is 9.59 Å². The summed E-state index contributed by atoms with van der Waals surface area (Å²) in [4.78, 5) is 27.9. The topological polar surface area (TPSA) is 40.6 Å². The van der Waals surface area contributed by atoms with Crippen LogP contribution in [0.3, 0.4) is 0 Å². The summed E-state index contributed by atoms with van der Waals surface area (Å²) >= 11 is 0. The van der Waals surface area contributed by atoms with Crippen LogP contribution in [-0.2, 0) is 9.59 Å². The summed E-state index contributed by atoms with van der Waals surface area (Å²) in [6, 6.07) is 9.37. The van der Waals surface area contributed by atoms with Gasteiger partial charge < -0.3 is 9.80 Å². The number of amides is 2. The Balaban J connectivity index is 1.99. The third-order valence-corrected chi connectivity index (χ3v) is 3.81. The Morgan fingerprint density at radius 2 is 1.95 bits per heavy atom. The molecule has 2 fully saturated rings. The smallest absolute Gasteiger partial charge is 0.271 e. The Kier molecular flexibility index (Phi) is 2.85. The van der Waals surface area contributed by atoms with Gasteiger partial charge in [-0.15, -0.1) is 0 Å². The lowest BCUT2D eigenvalue weighted by atomic mass is 10.1. The number of nitrogens with zero attached hydrogens (tertiary/aromatic N) is 2. The normalized spacial score (nSPS) is 25.1. The van der Waals surface area contributed by atoms with Gasteiger partial charge in [-0.1, -0.05) is 30.3 Å². The molecule has 2 heterocycles. The molecule has 2 aliphatic rings. The maximum absolute atomic E-state index is 12.4. The third-order valence-electron chi connectivity index (χ3n) is 3.81. The van der Waals surface area contributed by atoms with Crippen molar-refractivity contribution in [3.05, 3.63) is 41.6 Å². The molecular weight excluding hydrogens is 240 g/mol. The van der Waals surface area contributed by atoms with Crippen molar-refractivity contribution in [2.75, 3.05) is 13.6 Å². The molecule has 0 bridgehead atoms. The molecule has 4 nitrogen and oxygen atoms in total. The average Bonchev–Trinajstić information content (AvgIpc) is 2.92. The van der Waals surface area contributed by atoms with Gasteiger partial charge in [0, 0.05) is 13.6 Å². The number of carbonyl (C=O) groups is 2. The molecule has 1 atom stereocenters. The van der Waals surface area contributed by atoms with Crippen molar-refractivity contribution in [2.45, 2.75) is 18.9 Å². The fourth-order valence-corrected chi connectivity index (χ4v) is 2.77. The van der Waals surface area contributed by atoms with Gasteiger partial charge in [0.2, 0.25) is 5.91 Å². The predicted octanol–water partition coefficient (Wildman–Crippen LogP) is 1.49. The van der Waals surface area contributed by atoms with Crippen LogP contribution in [0, 0.1) is 0 Å². The standard InChI is InChI=1S/C15H16N2O2/c1-16-13(10-11-6-3-2-4-7-11)15(19)17-9-5-8-12(17)14(16)18/h2-4,6-7,10,12H,5,8-9H2,1H3/t12-/m1/s1. The lowest BCUT2D eigenvalue weighted by molar-refractivity contribution is -0.147. The summed E-state index contributed by atoms with van der Waals surface area (Å²) in [5, 5.41) is 0. The van der Waals surface area contributed by atoms with E-state index >= 15 is 0 Å². The van der Waals surface area contributed by atoms with Crippen molar-refractivity contribution in [1.82, 2.24) is 9.80 Å². The third kappa shape index (κ3) is 1.93. The summed E-state index contributed by atoms with van der Waals surface area (Å²) in [6.07, 6.45) is 3.48. The van der Waals surface area contributed by atoms with Crippen molar-refractivity contribution >= 4 is 17.9 Å². The molecule has 2 amide bonds. The van der Waals surface area contributed by atoms with E-state index in [0.717, 1.165) is 18.4 Å². The van der Waals surface area contributed by atoms with Crippen molar-refractivity contribution < 1.29 is 9.59 Å². The highest BCUT2D eigenvalue weighted by Crippen LogP contribution is 2.28. The number of fused-ring (bicyclic) bond motifs is 1. The van der Waals surface area contributed by atoms with Crippen LogP contribution in [-0.4, -0.2) is 41.2 Å². The molecule has 0 radical (unpaired) electrons. The molecule has 1 aromatic carbocycles. The Morgan fingerprint density at radius 1 is 1.21 bits per heavy atom. The summed E-state index contributed by atoms with van der Waals surface area (Å²) in [5.74, 6) is -0.00673. The Labute approximate surface area is 112 Å². The molecule has 0 aliphatic carbocycles. The largest absolute Gasteiger partial charge is 0.325 e. The van der Waals surface area contributed by atoms with E-state index in [1.807, 2.05) is 30.3 Å². The summed E-state index contributed by atoms with van der Waals surface area (Å²) < 4.78 is 0. The van der Waals surface area contributed by atoms with E-state index in [9.17, 15) is 9.59 Å². The fraction of sp³-hybridized carbons (Fsp3) is 0.333. The van der Waals surface area contributed by atoms with Crippen molar-refractivity contribution in [2.24, 2.45) is 0 Å². The van der Waals surface area contributed by atoms with E-state index in [4.69, 9.17) is 0 Å². The number of likely N-dealkylation sites (N-methyl/N-ethyl adjacent to an activating group) is 1. The van der Waals surface area contributed by atoms with Crippen LogP contribution in [0.4, 0.5) is 0 Å². The molecule has 98 valence electrons. The second-order valence-electron chi connectivity index (χ2n) is 4.99. The number of hydrogen-bond acceptors (Lipinski definition) is 2. The molecule has 19 heavy (non-hydrogen) atoms. The molecule has 2 aliphatic heterocycles. The Bertz CT molecular complexity index is 551. The first-order valence-electron chi connectivity index (χ1n) is 6.54. The van der Waals surface area contributed by atoms with Crippen LogP contribution in [0.1, 0.15) is 18.4 Å². The predicted molar refractivity (Wildman–Crippen MR) is 71.9 cm³/mol. The molecule has 2 saturated heterocycles. The highest BCUT2D eigenvalue weighted by atomic mass is 16.2. The van der Waals surface area contributed by atoms with Gasteiger partial charge in [-0.2, -0.15) is 0 Å². The van der Waals surface area contributed by atoms with Gasteiger partial charge in [0.15, 0.2) is 0 Å². The van der Waals surface area contributed by atoms with Gasteiger partial charge in [-0.25, -0.2) is 0 Å². The van der Waals surface area contributed by atoms with Crippen molar-refractivity contribution in [1.29, 1.82) is 0 Å². The zero-order valence-electron chi connectivity index (χ0n) is 10.9. The SMILES string of the molecule is CN1C(=O)[C@H]2CCCN2C(=O)C1=Cc1ccccc1. The Morgan fingerprint density at radius 3 is 2.68 bits per heavy atom. The molecule has 0 spiro atoms. The molecule has 0 N–H and O–H groups in total. The zero-order chi connectivity index (χ0) is 13.4.